The average molecular weight is 354 g/mol. The van der Waals surface area contributed by atoms with Gasteiger partial charge < -0.3 is 15.0 Å². The van der Waals surface area contributed by atoms with Gasteiger partial charge in [0.2, 0.25) is 11.7 Å². The molecular weight excluding hydrogens is 334 g/mol. The molecule has 2 N–H and O–H groups in total. The van der Waals surface area contributed by atoms with Crippen molar-refractivity contribution in [3.05, 3.63) is 40.0 Å². The van der Waals surface area contributed by atoms with Crippen molar-refractivity contribution in [3.63, 3.8) is 0 Å². The molecule has 0 amide bonds. The topological polar surface area (TPSA) is 74.2 Å². The van der Waals surface area contributed by atoms with Crippen molar-refractivity contribution in [2.75, 3.05) is 0 Å². The van der Waals surface area contributed by atoms with Crippen molar-refractivity contribution < 1.29 is 9.26 Å². The van der Waals surface area contributed by atoms with Gasteiger partial charge in [-0.25, -0.2) is 0 Å². The summed E-state index contributed by atoms with van der Waals surface area (Å²) in [5.41, 5.74) is 6.94. The first-order chi connectivity index (χ1) is 10.1. The maximum atomic E-state index is 5.88. The van der Waals surface area contributed by atoms with E-state index in [0.717, 1.165) is 35.0 Å². The first kappa shape index (κ1) is 16.0. The number of aryl methyl sites for hydroxylation is 1. The third kappa shape index (κ3) is 4.82. The van der Waals surface area contributed by atoms with Crippen LogP contribution in [0, 0.1) is 0 Å². The van der Waals surface area contributed by atoms with Gasteiger partial charge in [-0.15, -0.1) is 0 Å². The van der Waals surface area contributed by atoms with Crippen LogP contribution in [0.15, 0.2) is 27.2 Å². The first-order valence-electron chi connectivity index (χ1n) is 7.06. The number of hydrogen-bond donors (Lipinski definition) is 1. The lowest BCUT2D eigenvalue weighted by atomic mass is 10.1. The van der Waals surface area contributed by atoms with Crippen LogP contribution in [0.1, 0.15) is 37.5 Å². The van der Waals surface area contributed by atoms with Crippen LogP contribution in [0.2, 0.25) is 0 Å². The lowest BCUT2D eigenvalue weighted by molar-refractivity contribution is 0.282. The van der Waals surface area contributed by atoms with Crippen LogP contribution in [0.25, 0.3) is 0 Å². The summed E-state index contributed by atoms with van der Waals surface area (Å²) < 4.78 is 12.0. The Hall–Kier alpha value is -1.40. The highest BCUT2D eigenvalue weighted by molar-refractivity contribution is 9.10. The zero-order chi connectivity index (χ0) is 15.2. The van der Waals surface area contributed by atoms with Crippen LogP contribution in [0.3, 0.4) is 0 Å². The van der Waals surface area contributed by atoms with Gasteiger partial charge in [-0.2, -0.15) is 4.98 Å². The molecule has 2 rings (SSSR count). The summed E-state index contributed by atoms with van der Waals surface area (Å²) in [6, 6.07) is 5.97. The van der Waals surface area contributed by atoms with Crippen molar-refractivity contribution in [1.29, 1.82) is 0 Å². The molecule has 2 aromatic rings. The SMILES string of the molecule is CCCc1nc(COc2ccc(Br)cc2CC(C)N)no1. The van der Waals surface area contributed by atoms with E-state index in [9.17, 15) is 0 Å². The van der Waals surface area contributed by atoms with E-state index >= 15 is 0 Å². The first-order valence-corrected chi connectivity index (χ1v) is 7.86. The number of benzene rings is 1. The number of rotatable bonds is 7. The van der Waals surface area contributed by atoms with Gasteiger partial charge in [0, 0.05) is 16.9 Å². The van der Waals surface area contributed by atoms with Gasteiger partial charge in [-0.1, -0.05) is 28.0 Å². The molecule has 0 saturated carbocycles. The summed E-state index contributed by atoms with van der Waals surface area (Å²) >= 11 is 3.47. The maximum absolute atomic E-state index is 5.88. The van der Waals surface area contributed by atoms with E-state index in [1.165, 1.54) is 0 Å². The lowest BCUT2D eigenvalue weighted by Crippen LogP contribution is -2.18. The van der Waals surface area contributed by atoms with Gasteiger partial charge in [0.1, 0.15) is 5.75 Å². The van der Waals surface area contributed by atoms with E-state index in [2.05, 4.69) is 33.0 Å². The van der Waals surface area contributed by atoms with Gasteiger partial charge in [-0.3, -0.25) is 0 Å². The standard InChI is InChI=1S/C15H20BrN3O2/c1-3-4-15-18-14(19-21-15)9-20-13-6-5-12(16)8-11(13)7-10(2)17/h5-6,8,10H,3-4,7,9,17H2,1-2H3. The van der Waals surface area contributed by atoms with Gasteiger partial charge in [-0.05, 0) is 43.5 Å². The number of hydrogen-bond acceptors (Lipinski definition) is 5. The Labute approximate surface area is 133 Å². The Bertz CT molecular complexity index is 584. The fourth-order valence-electron chi connectivity index (χ4n) is 2.00. The van der Waals surface area contributed by atoms with Crippen LogP contribution < -0.4 is 10.5 Å². The highest BCUT2D eigenvalue weighted by atomic mass is 79.9. The minimum atomic E-state index is 0.0722. The van der Waals surface area contributed by atoms with E-state index < -0.39 is 0 Å². The molecule has 6 heteroatoms. The normalized spacial score (nSPS) is 12.4. The Morgan fingerprint density at radius 1 is 1.43 bits per heavy atom. The smallest absolute Gasteiger partial charge is 0.226 e. The molecule has 0 radical (unpaired) electrons. The van der Waals surface area contributed by atoms with E-state index in [1.54, 1.807) is 0 Å². The molecule has 0 fully saturated rings. The quantitative estimate of drug-likeness (QED) is 0.826. The molecule has 1 aromatic heterocycles. The second kappa shape index (κ2) is 7.56. The number of halogens is 1. The van der Waals surface area contributed by atoms with Crippen LogP contribution in [-0.2, 0) is 19.4 Å². The molecule has 5 nitrogen and oxygen atoms in total. The monoisotopic (exact) mass is 353 g/mol. The van der Waals surface area contributed by atoms with E-state index in [1.807, 2.05) is 25.1 Å². The summed E-state index contributed by atoms with van der Waals surface area (Å²) in [5.74, 6) is 2.02. The maximum Gasteiger partial charge on any atom is 0.226 e. The summed E-state index contributed by atoms with van der Waals surface area (Å²) in [5, 5.41) is 3.91. The van der Waals surface area contributed by atoms with Gasteiger partial charge >= 0.3 is 0 Å². The molecule has 0 aliphatic heterocycles. The molecule has 0 spiro atoms. The van der Waals surface area contributed by atoms with Crippen LogP contribution in [0.5, 0.6) is 5.75 Å². The van der Waals surface area contributed by atoms with Crippen molar-refractivity contribution in [2.45, 2.75) is 45.8 Å². The molecule has 1 unspecified atom stereocenters. The van der Waals surface area contributed by atoms with E-state index in [0.29, 0.717) is 18.3 Å². The van der Waals surface area contributed by atoms with Crippen molar-refractivity contribution in [3.8, 4) is 5.75 Å². The fourth-order valence-corrected chi connectivity index (χ4v) is 2.41. The fraction of sp³-hybridized carbons (Fsp3) is 0.467. The minimum Gasteiger partial charge on any atom is -0.485 e. The molecule has 1 heterocycles. The highest BCUT2D eigenvalue weighted by Crippen LogP contribution is 2.25. The summed E-state index contributed by atoms with van der Waals surface area (Å²) in [7, 11) is 0. The minimum absolute atomic E-state index is 0.0722. The lowest BCUT2D eigenvalue weighted by Gasteiger charge is -2.12. The second-order valence-corrected chi connectivity index (χ2v) is 5.99. The summed E-state index contributed by atoms with van der Waals surface area (Å²) in [4.78, 5) is 4.29. The molecule has 21 heavy (non-hydrogen) atoms. The summed E-state index contributed by atoms with van der Waals surface area (Å²) in [6.45, 7) is 4.34. The van der Waals surface area contributed by atoms with Crippen molar-refractivity contribution in [1.82, 2.24) is 10.1 Å². The number of aromatic nitrogens is 2. The molecule has 0 aliphatic carbocycles. The van der Waals surface area contributed by atoms with E-state index in [4.69, 9.17) is 15.0 Å². The summed E-state index contributed by atoms with van der Waals surface area (Å²) in [6.07, 6.45) is 2.52. The Morgan fingerprint density at radius 3 is 2.95 bits per heavy atom. The zero-order valence-electron chi connectivity index (χ0n) is 12.3. The van der Waals surface area contributed by atoms with Gasteiger partial charge in [0.05, 0.1) is 0 Å². The second-order valence-electron chi connectivity index (χ2n) is 5.08. The molecule has 1 aromatic carbocycles. The number of nitrogens with two attached hydrogens (primary N) is 1. The zero-order valence-corrected chi connectivity index (χ0v) is 13.9. The number of ether oxygens (including phenoxy) is 1. The molecule has 0 saturated heterocycles. The predicted molar refractivity (Wildman–Crippen MR) is 84.1 cm³/mol. The third-order valence-corrected chi connectivity index (χ3v) is 3.39. The molecule has 1 atom stereocenters. The largest absolute Gasteiger partial charge is 0.485 e. The van der Waals surface area contributed by atoms with Crippen LogP contribution >= 0.6 is 15.9 Å². The molecule has 0 bridgehead atoms. The van der Waals surface area contributed by atoms with E-state index in [-0.39, 0.29) is 6.04 Å². The van der Waals surface area contributed by atoms with Gasteiger partial charge in [0.15, 0.2) is 6.61 Å². The number of nitrogens with zero attached hydrogens (tertiary/aromatic N) is 2. The Morgan fingerprint density at radius 2 is 2.24 bits per heavy atom. The van der Waals surface area contributed by atoms with Crippen LogP contribution in [0.4, 0.5) is 0 Å². The molecule has 0 aliphatic rings. The van der Waals surface area contributed by atoms with Crippen LogP contribution in [-0.4, -0.2) is 16.2 Å². The third-order valence-electron chi connectivity index (χ3n) is 2.90. The molecule has 114 valence electrons. The average Bonchev–Trinajstić information content (AvgIpc) is 2.85. The Balaban J connectivity index is 2.04. The highest BCUT2D eigenvalue weighted by Gasteiger charge is 2.10. The predicted octanol–water partition coefficient (Wildman–Crippen LogP) is 3.25. The van der Waals surface area contributed by atoms with Gasteiger partial charge in [0.25, 0.3) is 0 Å². The van der Waals surface area contributed by atoms with Crippen molar-refractivity contribution in [2.24, 2.45) is 5.73 Å². The van der Waals surface area contributed by atoms with Crippen molar-refractivity contribution >= 4 is 15.9 Å². The Kier molecular flexibility index (Phi) is 5.76. The molecular formula is C15H20BrN3O2.